The summed E-state index contributed by atoms with van der Waals surface area (Å²) < 4.78 is 5.22. The summed E-state index contributed by atoms with van der Waals surface area (Å²) in [5.41, 5.74) is 2.58. The molecule has 0 unspecified atom stereocenters. The number of thiazole rings is 1. The van der Waals surface area contributed by atoms with E-state index in [0.29, 0.717) is 32.5 Å². The minimum Gasteiger partial charge on any atom is -0.480 e. The number of carbonyl (C=O) groups excluding carboxylic acids is 1. The van der Waals surface area contributed by atoms with Crippen molar-refractivity contribution in [2.75, 3.05) is 19.7 Å². The lowest BCUT2D eigenvalue weighted by Crippen LogP contribution is -2.45. The van der Waals surface area contributed by atoms with Crippen molar-refractivity contribution in [3.8, 4) is 0 Å². The van der Waals surface area contributed by atoms with Gasteiger partial charge in [0.1, 0.15) is 6.61 Å². The van der Waals surface area contributed by atoms with Gasteiger partial charge in [0.05, 0.1) is 23.9 Å². The number of carboxylic acids is 1. The minimum atomic E-state index is -0.964. The van der Waals surface area contributed by atoms with Gasteiger partial charge in [0.2, 0.25) is 0 Å². The zero-order chi connectivity index (χ0) is 14.4. The molecule has 110 valence electrons. The Bertz CT molecular complexity index is 444. The number of urea groups is 1. The Morgan fingerprint density at radius 1 is 1.50 bits per heavy atom. The van der Waals surface area contributed by atoms with Gasteiger partial charge in [-0.3, -0.25) is 0 Å². The highest BCUT2D eigenvalue weighted by Crippen LogP contribution is 2.13. The lowest BCUT2D eigenvalue weighted by atomic mass is 10.1. The Morgan fingerprint density at radius 2 is 2.25 bits per heavy atom. The average Bonchev–Trinajstić information content (AvgIpc) is 2.96. The smallest absolute Gasteiger partial charge is 0.329 e. The molecule has 2 rings (SSSR count). The van der Waals surface area contributed by atoms with Crippen LogP contribution in [0.1, 0.15) is 18.5 Å². The summed E-state index contributed by atoms with van der Waals surface area (Å²) in [4.78, 5) is 28.1. The molecule has 1 aromatic heterocycles. The molecule has 1 aromatic rings. The second-order valence-corrected chi connectivity index (χ2v) is 5.25. The van der Waals surface area contributed by atoms with Crippen LogP contribution in [0.4, 0.5) is 4.79 Å². The predicted molar refractivity (Wildman–Crippen MR) is 72.5 cm³/mol. The van der Waals surface area contributed by atoms with Crippen molar-refractivity contribution in [3.63, 3.8) is 0 Å². The molecule has 2 heterocycles. The first-order valence-corrected chi connectivity index (χ1v) is 7.32. The van der Waals surface area contributed by atoms with Crippen LogP contribution in [0.5, 0.6) is 0 Å². The average molecular weight is 299 g/mol. The van der Waals surface area contributed by atoms with Crippen LogP contribution < -0.4 is 5.32 Å². The van der Waals surface area contributed by atoms with Crippen LogP contribution >= 0.6 is 11.3 Å². The summed E-state index contributed by atoms with van der Waals surface area (Å²) in [5.74, 6) is -0.964. The molecule has 2 N–H and O–H groups in total. The number of carbonyl (C=O) groups is 2. The molecular weight excluding hydrogens is 282 g/mol. The third kappa shape index (κ3) is 4.46. The predicted octanol–water partition coefficient (Wildman–Crippen LogP) is 0.918. The van der Waals surface area contributed by atoms with Crippen LogP contribution in [0.15, 0.2) is 10.9 Å². The molecule has 1 aliphatic heterocycles. The molecule has 0 saturated carbocycles. The van der Waals surface area contributed by atoms with Gasteiger partial charge in [0.15, 0.2) is 0 Å². The number of rotatable bonds is 5. The molecule has 7 nitrogen and oxygen atoms in total. The van der Waals surface area contributed by atoms with Gasteiger partial charge in [-0.2, -0.15) is 0 Å². The van der Waals surface area contributed by atoms with Gasteiger partial charge >= 0.3 is 12.0 Å². The topological polar surface area (TPSA) is 91.8 Å². The molecule has 0 radical (unpaired) electrons. The van der Waals surface area contributed by atoms with Crippen molar-refractivity contribution >= 4 is 23.3 Å². The number of aliphatic carboxylic acids is 1. The maximum absolute atomic E-state index is 11.9. The maximum atomic E-state index is 11.9. The first-order valence-electron chi connectivity index (χ1n) is 6.38. The van der Waals surface area contributed by atoms with Gasteiger partial charge in [0.25, 0.3) is 0 Å². The fourth-order valence-electron chi connectivity index (χ4n) is 2.02. The van der Waals surface area contributed by atoms with Crippen LogP contribution in [0.2, 0.25) is 0 Å². The number of piperidine rings is 1. The number of carboxylic acid groups (broad SMARTS) is 1. The lowest BCUT2D eigenvalue weighted by Gasteiger charge is -2.31. The van der Waals surface area contributed by atoms with Crippen LogP contribution in [0, 0.1) is 0 Å². The molecule has 1 saturated heterocycles. The standard InChI is InChI=1S/C12H17N3O4S/c16-11(17)6-19-10-1-3-15(4-2-10)12(18)13-5-9-7-20-8-14-9/h7-8,10H,1-6H2,(H,13,18)(H,16,17). The highest BCUT2D eigenvalue weighted by Gasteiger charge is 2.23. The molecule has 1 aliphatic rings. The number of aromatic nitrogens is 1. The molecular formula is C12H17N3O4S. The van der Waals surface area contributed by atoms with Gasteiger partial charge in [0, 0.05) is 18.5 Å². The number of ether oxygens (including phenoxy) is 1. The molecule has 0 spiro atoms. The van der Waals surface area contributed by atoms with Gasteiger partial charge in [-0.05, 0) is 12.8 Å². The van der Waals surface area contributed by atoms with Crippen LogP contribution in [-0.2, 0) is 16.1 Å². The van der Waals surface area contributed by atoms with Gasteiger partial charge in [-0.25, -0.2) is 14.6 Å². The second kappa shape index (κ2) is 7.20. The summed E-state index contributed by atoms with van der Waals surface area (Å²) >= 11 is 1.49. The van der Waals surface area contributed by atoms with E-state index < -0.39 is 5.97 Å². The summed E-state index contributed by atoms with van der Waals surface area (Å²) in [5, 5.41) is 13.3. The van der Waals surface area contributed by atoms with E-state index in [1.54, 1.807) is 10.4 Å². The quantitative estimate of drug-likeness (QED) is 0.843. The minimum absolute atomic E-state index is 0.0753. The van der Waals surface area contributed by atoms with E-state index in [-0.39, 0.29) is 18.7 Å². The molecule has 2 amide bonds. The number of hydrogen-bond donors (Lipinski definition) is 2. The number of nitrogens with one attached hydrogen (secondary N) is 1. The fraction of sp³-hybridized carbons (Fsp3) is 0.583. The van der Waals surface area contributed by atoms with Crippen molar-refractivity contribution in [2.45, 2.75) is 25.5 Å². The van der Waals surface area contributed by atoms with Crippen molar-refractivity contribution in [3.05, 3.63) is 16.6 Å². The normalized spacial score (nSPS) is 16.1. The SMILES string of the molecule is O=C(O)COC1CCN(C(=O)NCc2cscn2)CC1. The van der Waals surface area contributed by atoms with E-state index in [2.05, 4.69) is 10.3 Å². The number of hydrogen-bond acceptors (Lipinski definition) is 5. The van der Waals surface area contributed by atoms with Crippen molar-refractivity contribution in [2.24, 2.45) is 0 Å². The van der Waals surface area contributed by atoms with Gasteiger partial charge in [-0.15, -0.1) is 11.3 Å². The molecule has 0 bridgehead atoms. The second-order valence-electron chi connectivity index (χ2n) is 4.53. The summed E-state index contributed by atoms with van der Waals surface area (Å²) in [6.45, 7) is 1.30. The van der Waals surface area contributed by atoms with Crippen LogP contribution in [-0.4, -0.2) is 52.8 Å². The number of likely N-dealkylation sites (tertiary alicyclic amines) is 1. The Morgan fingerprint density at radius 3 is 2.85 bits per heavy atom. The molecule has 8 heteroatoms. The van der Waals surface area contributed by atoms with E-state index in [1.807, 2.05) is 5.38 Å². The van der Waals surface area contributed by atoms with Crippen molar-refractivity contribution in [1.82, 2.24) is 15.2 Å². The Hall–Kier alpha value is -1.67. The number of amides is 2. The molecule has 20 heavy (non-hydrogen) atoms. The van der Waals surface area contributed by atoms with Gasteiger partial charge < -0.3 is 20.1 Å². The monoisotopic (exact) mass is 299 g/mol. The first kappa shape index (κ1) is 14.7. The zero-order valence-electron chi connectivity index (χ0n) is 10.9. The zero-order valence-corrected chi connectivity index (χ0v) is 11.8. The number of nitrogens with zero attached hydrogens (tertiary/aromatic N) is 2. The van der Waals surface area contributed by atoms with E-state index in [1.165, 1.54) is 11.3 Å². The largest absolute Gasteiger partial charge is 0.480 e. The Labute approximate surface area is 120 Å². The highest BCUT2D eigenvalue weighted by molar-refractivity contribution is 7.07. The van der Waals surface area contributed by atoms with E-state index >= 15 is 0 Å². The maximum Gasteiger partial charge on any atom is 0.329 e. The lowest BCUT2D eigenvalue weighted by molar-refractivity contribution is -0.145. The third-order valence-corrected chi connectivity index (χ3v) is 3.71. The van der Waals surface area contributed by atoms with Crippen LogP contribution in [0.25, 0.3) is 0 Å². The molecule has 0 atom stereocenters. The van der Waals surface area contributed by atoms with Crippen molar-refractivity contribution in [1.29, 1.82) is 0 Å². The Balaban J connectivity index is 1.67. The molecule has 1 fully saturated rings. The summed E-state index contributed by atoms with van der Waals surface area (Å²) in [6.07, 6.45) is 1.25. The van der Waals surface area contributed by atoms with Crippen LogP contribution in [0.3, 0.4) is 0 Å². The highest BCUT2D eigenvalue weighted by atomic mass is 32.1. The molecule has 0 aromatic carbocycles. The molecule has 0 aliphatic carbocycles. The van der Waals surface area contributed by atoms with E-state index in [0.717, 1.165) is 5.69 Å². The summed E-state index contributed by atoms with van der Waals surface area (Å²) in [7, 11) is 0. The Kier molecular flexibility index (Phi) is 5.31. The first-order chi connectivity index (χ1) is 9.65. The van der Waals surface area contributed by atoms with Crippen molar-refractivity contribution < 1.29 is 19.4 Å². The fourth-order valence-corrected chi connectivity index (χ4v) is 2.58. The van der Waals surface area contributed by atoms with E-state index in [4.69, 9.17) is 9.84 Å². The summed E-state index contributed by atoms with van der Waals surface area (Å²) in [6, 6.07) is -0.116. The third-order valence-electron chi connectivity index (χ3n) is 3.08. The van der Waals surface area contributed by atoms with Gasteiger partial charge in [-0.1, -0.05) is 0 Å². The van der Waals surface area contributed by atoms with E-state index in [9.17, 15) is 9.59 Å².